The topological polar surface area (TPSA) is 80.3 Å². The Labute approximate surface area is 114 Å². The Bertz CT molecular complexity index is 460. The molecule has 19 heavy (non-hydrogen) atoms. The first kappa shape index (κ1) is 15.9. The molecule has 1 rings (SSSR count). The van der Waals surface area contributed by atoms with Gasteiger partial charge in [-0.2, -0.15) is 0 Å². The Hall–Kier alpha value is -1.18. The number of nitrogens with zero attached hydrogens (tertiary/aromatic N) is 1. The molecule has 0 aliphatic heterocycles. The van der Waals surface area contributed by atoms with Crippen LogP contribution in [0, 0.1) is 0 Å². The van der Waals surface area contributed by atoms with Gasteiger partial charge in [-0.25, -0.2) is 18.1 Å². The first-order chi connectivity index (χ1) is 9.10. The van der Waals surface area contributed by atoms with Gasteiger partial charge in [0.15, 0.2) is 0 Å². The molecular weight excluding hydrogens is 266 g/mol. The summed E-state index contributed by atoms with van der Waals surface area (Å²) in [5.41, 5.74) is 0. The van der Waals surface area contributed by atoms with E-state index in [1.165, 1.54) is 12.3 Å². The summed E-state index contributed by atoms with van der Waals surface area (Å²) in [6, 6.07) is 3.15. The van der Waals surface area contributed by atoms with Gasteiger partial charge in [0.2, 0.25) is 10.0 Å². The summed E-state index contributed by atoms with van der Waals surface area (Å²) in [6.45, 7) is 3.67. The molecule has 2 N–H and O–H groups in total. The van der Waals surface area contributed by atoms with Gasteiger partial charge in [-0.05, 0) is 25.0 Å². The molecule has 6 nitrogen and oxygen atoms in total. The lowest BCUT2D eigenvalue weighted by molar-refractivity contribution is 0.133. The smallest absolute Gasteiger partial charge is 0.242 e. The second-order valence-electron chi connectivity index (χ2n) is 3.99. The number of hydrogen-bond acceptors (Lipinski definition) is 5. The van der Waals surface area contributed by atoms with Crippen LogP contribution in [0.15, 0.2) is 23.2 Å². The second-order valence-corrected chi connectivity index (χ2v) is 5.76. The fourth-order valence-corrected chi connectivity index (χ4v) is 2.42. The maximum atomic E-state index is 11.9. The van der Waals surface area contributed by atoms with Crippen LogP contribution in [0.3, 0.4) is 0 Å². The van der Waals surface area contributed by atoms with Gasteiger partial charge in [0.05, 0.1) is 0 Å². The van der Waals surface area contributed by atoms with Crippen LogP contribution < -0.4 is 10.0 Å². The highest BCUT2D eigenvalue weighted by Crippen LogP contribution is 2.09. The van der Waals surface area contributed by atoms with Crippen molar-refractivity contribution < 1.29 is 13.2 Å². The van der Waals surface area contributed by atoms with Crippen LogP contribution in [0.4, 0.5) is 5.82 Å². The van der Waals surface area contributed by atoms with Gasteiger partial charge >= 0.3 is 0 Å². The van der Waals surface area contributed by atoms with E-state index in [1.807, 2.05) is 6.92 Å². The van der Waals surface area contributed by atoms with Crippen molar-refractivity contribution in [1.29, 1.82) is 0 Å². The van der Waals surface area contributed by atoms with Crippen molar-refractivity contribution in [3.63, 3.8) is 0 Å². The van der Waals surface area contributed by atoms with Crippen molar-refractivity contribution in [2.24, 2.45) is 0 Å². The van der Waals surface area contributed by atoms with Gasteiger partial charge in [-0.1, -0.05) is 6.92 Å². The van der Waals surface area contributed by atoms with Crippen LogP contribution in [0.5, 0.6) is 0 Å². The van der Waals surface area contributed by atoms with Crippen LogP contribution in [0.1, 0.15) is 19.8 Å². The molecule has 0 spiro atoms. The molecule has 0 radical (unpaired) electrons. The lowest BCUT2D eigenvalue weighted by Crippen LogP contribution is -2.25. The van der Waals surface area contributed by atoms with E-state index < -0.39 is 10.0 Å². The van der Waals surface area contributed by atoms with Gasteiger partial charge in [-0.15, -0.1) is 0 Å². The van der Waals surface area contributed by atoms with Gasteiger partial charge in [0.25, 0.3) is 0 Å². The maximum absolute atomic E-state index is 11.9. The summed E-state index contributed by atoms with van der Waals surface area (Å²) in [7, 11) is -1.75. The third-order valence-corrected chi connectivity index (χ3v) is 3.86. The molecule has 0 bridgehead atoms. The van der Waals surface area contributed by atoms with Crippen molar-refractivity contribution in [2.45, 2.75) is 24.7 Å². The number of sulfonamides is 1. The zero-order chi connectivity index (χ0) is 14.1. The lowest BCUT2D eigenvalue weighted by Gasteiger charge is -2.07. The molecule has 0 saturated carbocycles. The fraction of sp³-hybridized carbons (Fsp3) is 0.583. The Morgan fingerprint density at radius 3 is 2.68 bits per heavy atom. The Morgan fingerprint density at radius 1 is 1.32 bits per heavy atom. The first-order valence-electron chi connectivity index (χ1n) is 6.31. The van der Waals surface area contributed by atoms with Crippen LogP contribution in [0.2, 0.25) is 0 Å². The predicted octanol–water partition coefficient (Wildman–Crippen LogP) is 1.22. The monoisotopic (exact) mass is 287 g/mol. The summed E-state index contributed by atoms with van der Waals surface area (Å²) < 4.78 is 31.6. The minimum Gasteiger partial charge on any atom is -0.381 e. The number of anilines is 1. The zero-order valence-electron chi connectivity index (χ0n) is 11.3. The summed E-state index contributed by atoms with van der Waals surface area (Å²) in [5.74, 6) is 0.631. The Kier molecular flexibility index (Phi) is 6.75. The molecular formula is C12H21N3O3S. The van der Waals surface area contributed by atoms with E-state index in [0.29, 0.717) is 32.0 Å². The molecule has 0 atom stereocenters. The van der Waals surface area contributed by atoms with E-state index >= 15 is 0 Å². The SMILES string of the molecule is CCCOCCCNS(=O)(=O)c1ccc(NC)nc1. The third kappa shape index (κ3) is 5.54. The molecule has 0 fully saturated rings. The molecule has 1 aromatic rings. The average molecular weight is 287 g/mol. The van der Waals surface area contributed by atoms with Crippen LogP contribution in [0.25, 0.3) is 0 Å². The summed E-state index contributed by atoms with van der Waals surface area (Å²) in [4.78, 5) is 4.14. The van der Waals surface area contributed by atoms with Crippen molar-refractivity contribution in [2.75, 3.05) is 32.1 Å². The quantitative estimate of drug-likeness (QED) is 0.667. The fourth-order valence-electron chi connectivity index (χ4n) is 1.40. The largest absolute Gasteiger partial charge is 0.381 e. The second kappa shape index (κ2) is 8.08. The van der Waals surface area contributed by atoms with Crippen LogP contribution in [-0.2, 0) is 14.8 Å². The highest BCUT2D eigenvalue weighted by Gasteiger charge is 2.13. The highest BCUT2D eigenvalue weighted by molar-refractivity contribution is 7.89. The van der Waals surface area contributed by atoms with E-state index in [0.717, 1.165) is 6.42 Å². The van der Waals surface area contributed by atoms with E-state index in [1.54, 1.807) is 13.1 Å². The van der Waals surface area contributed by atoms with E-state index in [4.69, 9.17) is 4.74 Å². The number of nitrogens with one attached hydrogen (secondary N) is 2. The molecule has 0 saturated heterocycles. The van der Waals surface area contributed by atoms with Crippen molar-refractivity contribution in [3.8, 4) is 0 Å². The van der Waals surface area contributed by atoms with E-state index in [9.17, 15) is 8.42 Å². The number of aromatic nitrogens is 1. The first-order valence-corrected chi connectivity index (χ1v) is 7.79. The molecule has 0 aromatic carbocycles. The van der Waals surface area contributed by atoms with Crippen molar-refractivity contribution in [1.82, 2.24) is 9.71 Å². The summed E-state index contributed by atoms with van der Waals surface area (Å²) in [5, 5.41) is 2.83. The Balaban J connectivity index is 2.42. The minimum atomic E-state index is -3.47. The predicted molar refractivity (Wildman–Crippen MR) is 74.7 cm³/mol. The maximum Gasteiger partial charge on any atom is 0.242 e. The van der Waals surface area contributed by atoms with Crippen molar-refractivity contribution >= 4 is 15.8 Å². The molecule has 0 amide bonds. The van der Waals surface area contributed by atoms with Crippen LogP contribution >= 0.6 is 0 Å². The third-order valence-electron chi connectivity index (χ3n) is 2.41. The standard InChI is InChI=1S/C12H21N3O3S/c1-3-8-18-9-4-7-15-19(16,17)11-5-6-12(13-2)14-10-11/h5-6,10,15H,3-4,7-9H2,1-2H3,(H,13,14). The van der Waals surface area contributed by atoms with Crippen molar-refractivity contribution in [3.05, 3.63) is 18.3 Å². The van der Waals surface area contributed by atoms with E-state index in [2.05, 4.69) is 15.0 Å². The summed E-state index contributed by atoms with van der Waals surface area (Å²) >= 11 is 0. The normalized spacial score (nSPS) is 11.5. The number of hydrogen-bond donors (Lipinski definition) is 2. The molecule has 1 aromatic heterocycles. The average Bonchev–Trinajstić information content (AvgIpc) is 2.43. The van der Waals surface area contributed by atoms with Gasteiger partial charge in [0, 0.05) is 33.0 Å². The van der Waals surface area contributed by atoms with Crippen LogP contribution in [-0.4, -0.2) is 40.2 Å². The minimum absolute atomic E-state index is 0.168. The number of ether oxygens (including phenoxy) is 1. The highest BCUT2D eigenvalue weighted by atomic mass is 32.2. The number of rotatable bonds is 9. The van der Waals surface area contributed by atoms with Gasteiger partial charge in [-0.3, -0.25) is 0 Å². The molecule has 7 heteroatoms. The zero-order valence-corrected chi connectivity index (χ0v) is 12.2. The molecule has 1 heterocycles. The molecule has 0 aliphatic carbocycles. The Morgan fingerprint density at radius 2 is 2.11 bits per heavy atom. The lowest BCUT2D eigenvalue weighted by atomic mass is 10.4. The van der Waals surface area contributed by atoms with Gasteiger partial charge < -0.3 is 10.1 Å². The summed E-state index contributed by atoms with van der Waals surface area (Å²) in [6.07, 6.45) is 2.96. The van der Waals surface area contributed by atoms with E-state index in [-0.39, 0.29) is 4.90 Å². The van der Waals surface area contributed by atoms with Gasteiger partial charge in [0.1, 0.15) is 10.7 Å². The number of pyridine rings is 1. The molecule has 0 unspecified atom stereocenters. The molecule has 108 valence electrons. The molecule has 0 aliphatic rings.